The molecular weight excluding hydrogens is 312 g/mol. The maximum atomic E-state index is 12.6. The van der Waals surface area contributed by atoms with Gasteiger partial charge in [0.1, 0.15) is 9.84 Å². The summed E-state index contributed by atoms with van der Waals surface area (Å²) in [5.41, 5.74) is 2.59. The van der Waals surface area contributed by atoms with E-state index in [1.54, 1.807) is 0 Å². The van der Waals surface area contributed by atoms with Gasteiger partial charge in [-0.05, 0) is 43.2 Å². The first-order valence-corrected chi connectivity index (χ1v) is 10.3. The van der Waals surface area contributed by atoms with E-state index < -0.39 is 9.84 Å². The summed E-state index contributed by atoms with van der Waals surface area (Å²) in [5, 5.41) is 2.80. The van der Waals surface area contributed by atoms with Crippen molar-refractivity contribution in [2.45, 2.75) is 44.2 Å². The summed E-state index contributed by atoms with van der Waals surface area (Å²) in [6.07, 6.45) is 6.40. The number of carbonyl (C=O) groups excluding carboxylic acids is 1. The molecule has 0 aliphatic heterocycles. The SMILES string of the molecule is CS(=O)(=O)CCNC(=O)N(C1CC1)[C@H]1CCCc2ccccc21. The predicted octanol–water partition coefficient (Wildman–Crippen LogP) is 2.28. The fourth-order valence-electron chi connectivity index (χ4n) is 3.37. The van der Waals surface area contributed by atoms with Crippen LogP contribution in [0.2, 0.25) is 0 Å². The highest BCUT2D eigenvalue weighted by Crippen LogP contribution is 2.40. The molecule has 3 rings (SSSR count). The van der Waals surface area contributed by atoms with Gasteiger partial charge in [-0.3, -0.25) is 0 Å². The van der Waals surface area contributed by atoms with Gasteiger partial charge < -0.3 is 10.2 Å². The number of nitrogens with one attached hydrogen (secondary N) is 1. The van der Waals surface area contributed by atoms with Gasteiger partial charge in [-0.15, -0.1) is 0 Å². The first-order chi connectivity index (χ1) is 11.0. The molecule has 1 aromatic rings. The molecule has 1 fully saturated rings. The standard InChI is InChI=1S/C17H24N2O3S/c1-23(21,22)12-11-18-17(20)19(14-9-10-14)16-8-4-6-13-5-2-3-7-15(13)16/h2-3,5,7,14,16H,4,6,8-12H2,1H3,(H,18,20)/t16-/m0/s1. The van der Waals surface area contributed by atoms with Crippen molar-refractivity contribution in [1.82, 2.24) is 10.2 Å². The normalized spacial score (nSPS) is 20.7. The van der Waals surface area contributed by atoms with Crippen LogP contribution in [0.1, 0.15) is 42.9 Å². The summed E-state index contributed by atoms with van der Waals surface area (Å²) in [6, 6.07) is 8.64. The van der Waals surface area contributed by atoms with E-state index in [9.17, 15) is 13.2 Å². The number of hydrogen-bond acceptors (Lipinski definition) is 3. The molecule has 0 saturated heterocycles. The van der Waals surface area contributed by atoms with Gasteiger partial charge in [0.25, 0.3) is 0 Å². The Morgan fingerprint density at radius 2 is 2.00 bits per heavy atom. The Hall–Kier alpha value is -1.56. The number of fused-ring (bicyclic) bond motifs is 1. The van der Waals surface area contributed by atoms with Crippen LogP contribution in [0.25, 0.3) is 0 Å². The lowest BCUT2D eigenvalue weighted by atomic mass is 9.87. The van der Waals surface area contributed by atoms with Gasteiger partial charge in [-0.2, -0.15) is 0 Å². The Bertz CT molecular complexity index is 683. The number of benzene rings is 1. The van der Waals surface area contributed by atoms with Crippen molar-refractivity contribution in [3.63, 3.8) is 0 Å². The molecule has 1 N–H and O–H groups in total. The number of sulfone groups is 1. The Morgan fingerprint density at radius 1 is 1.26 bits per heavy atom. The number of urea groups is 1. The lowest BCUT2D eigenvalue weighted by molar-refractivity contribution is 0.162. The summed E-state index contributed by atoms with van der Waals surface area (Å²) in [6.45, 7) is 0.176. The Labute approximate surface area is 138 Å². The van der Waals surface area contributed by atoms with Gasteiger partial charge >= 0.3 is 6.03 Å². The van der Waals surface area contributed by atoms with E-state index in [0.29, 0.717) is 6.04 Å². The highest BCUT2D eigenvalue weighted by molar-refractivity contribution is 7.90. The second kappa shape index (κ2) is 6.51. The van der Waals surface area contributed by atoms with Gasteiger partial charge in [0.2, 0.25) is 0 Å². The van der Waals surface area contributed by atoms with Crippen LogP contribution < -0.4 is 5.32 Å². The van der Waals surface area contributed by atoms with Crippen LogP contribution in [-0.4, -0.2) is 43.9 Å². The average molecular weight is 336 g/mol. The number of carbonyl (C=O) groups is 1. The second-order valence-corrected chi connectivity index (χ2v) is 8.87. The highest BCUT2D eigenvalue weighted by Gasteiger charge is 2.39. The Morgan fingerprint density at radius 3 is 2.70 bits per heavy atom. The van der Waals surface area contributed by atoms with Crippen LogP contribution in [0.5, 0.6) is 0 Å². The monoisotopic (exact) mass is 336 g/mol. The molecule has 1 atom stereocenters. The molecule has 0 radical (unpaired) electrons. The molecule has 2 aliphatic carbocycles. The average Bonchev–Trinajstić information content (AvgIpc) is 3.31. The topological polar surface area (TPSA) is 66.5 Å². The zero-order valence-corrected chi connectivity index (χ0v) is 14.3. The third-order valence-electron chi connectivity index (χ3n) is 4.60. The summed E-state index contributed by atoms with van der Waals surface area (Å²) in [4.78, 5) is 14.6. The summed E-state index contributed by atoms with van der Waals surface area (Å²) < 4.78 is 22.5. The van der Waals surface area contributed by atoms with Crippen molar-refractivity contribution in [3.8, 4) is 0 Å². The smallest absolute Gasteiger partial charge is 0.318 e. The van der Waals surface area contributed by atoms with Gasteiger partial charge in [0.05, 0.1) is 11.8 Å². The van der Waals surface area contributed by atoms with E-state index in [2.05, 4.69) is 23.5 Å². The van der Waals surface area contributed by atoms with Crippen LogP contribution in [0.15, 0.2) is 24.3 Å². The molecule has 1 saturated carbocycles. The third-order valence-corrected chi connectivity index (χ3v) is 5.54. The molecule has 0 bridgehead atoms. The molecular formula is C17H24N2O3S. The summed E-state index contributed by atoms with van der Waals surface area (Å²) in [5.74, 6) is -0.0154. The largest absolute Gasteiger partial charge is 0.337 e. The van der Waals surface area contributed by atoms with Gasteiger partial charge in [-0.25, -0.2) is 13.2 Å². The van der Waals surface area contributed by atoms with Crippen molar-refractivity contribution in [3.05, 3.63) is 35.4 Å². The minimum atomic E-state index is -3.06. The fourth-order valence-corrected chi connectivity index (χ4v) is 3.84. The minimum Gasteiger partial charge on any atom is -0.337 e. The molecule has 6 heteroatoms. The van der Waals surface area contributed by atoms with E-state index in [4.69, 9.17) is 0 Å². The lowest BCUT2D eigenvalue weighted by Gasteiger charge is -2.36. The molecule has 0 spiro atoms. The van der Waals surface area contributed by atoms with E-state index in [1.807, 2.05) is 11.0 Å². The van der Waals surface area contributed by atoms with Gasteiger partial charge in [0.15, 0.2) is 0 Å². The molecule has 0 heterocycles. The lowest BCUT2D eigenvalue weighted by Crippen LogP contribution is -2.45. The number of hydrogen-bond donors (Lipinski definition) is 1. The van der Waals surface area contributed by atoms with Crippen molar-refractivity contribution >= 4 is 15.9 Å². The molecule has 0 unspecified atom stereocenters. The number of nitrogens with zero attached hydrogens (tertiary/aromatic N) is 1. The van der Waals surface area contributed by atoms with E-state index in [0.717, 1.165) is 32.1 Å². The molecule has 2 amide bonds. The zero-order chi connectivity index (χ0) is 16.4. The second-order valence-electron chi connectivity index (χ2n) is 6.61. The number of aryl methyl sites for hydroxylation is 1. The van der Waals surface area contributed by atoms with Gasteiger partial charge in [0, 0.05) is 18.8 Å². The molecule has 5 nitrogen and oxygen atoms in total. The van der Waals surface area contributed by atoms with Crippen LogP contribution in [0.3, 0.4) is 0 Å². The fraction of sp³-hybridized carbons (Fsp3) is 0.588. The molecule has 126 valence electrons. The van der Waals surface area contributed by atoms with Crippen LogP contribution in [0, 0.1) is 0 Å². The molecule has 23 heavy (non-hydrogen) atoms. The predicted molar refractivity (Wildman–Crippen MR) is 90.1 cm³/mol. The molecule has 0 aromatic heterocycles. The maximum Gasteiger partial charge on any atom is 0.318 e. The first-order valence-electron chi connectivity index (χ1n) is 8.27. The molecule has 1 aromatic carbocycles. The highest BCUT2D eigenvalue weighted by atomic mass is 32.2. The quantitative estimate of drug-likeness (QED) is 0.897. The molecule has 2 aliphatic rings. The summed E-state index contributed by atoms with van der Waals surface area (Å²) >= 11 is 0. The van der Waals surface area contributed by atoms with Crippen LogP contribution in [0.4, 0.5) is 4.79 Å². The Balaban J connectivity index is 1.74. The van der Waals surface area contributed by atoms with Crippen molar-refractivity contribution in [1.29, 1.82) is 0 Å². The van der Waals surface area contributed by atoms with Crippen LogP contribution in [-0.2, 0) is 16.3 Å². The Kier molecular flexibility index (Phi) is 4.62. The number of rotatable bonds is 5. The van der Waals surface area contributed by atoms with Crippen molar-refractivity contribution < 1.29 is 13.2 Å². The van der Waals surface area contributed by atoms with E-state index >= 15 is 0 Å². The minimum absolute atomic E-state index is 0.0154. The first kappa shape index (κ1) is 16.3. The van der Waals surface area contributed by atoms with Gasteiger partial charge in [-0.1, -0.05) is 24.3 Å². The van der Waals surface area contributed by atoms with E-state index in [-0.39, 0.29) is 24.4 Å². The number of amides is 2. The maximum absolute atomic E-state index is 12.6. The van der Waals surface area contributed by atoms with Crippen LogP contribution >= 0.6 is 0 Å². The van der Waals surface area contributed by atoms with Crippen molar-refractivity contribution in [2.75, 3.05) is 18.6 Å². The summed E-state index contributed by atoms with van der Waals surface area (Å²) in [7, 11) is -3.06. The zero-order valence-electron chi connectivity index (χ0n) is 13.5. The third kappa shape index (κ3) is 4.05. The van der Waals surface area contributed by atoms with E-state index in [1.165, 1.54) is 17.4 Å². The van der Waals surface area contributed by atoms with Crippen molar-refractivity contribution in [2.24, 2.45) is 0 Å².